The summed E-state index contributed by atoms with van der Waals surface area (Å²) >= 11 is 1.37. The molecule has 0 bridgehead atoms. The number of carbonyl (C=O) groups excluding carboxylic acids is 1. The lowest BCUT2D eigenvalue weighted by molar-refractivity contribution is -0.387. The summed E-state index contributed by atoms with van der Waals surface area (Å²) in [5, 5.41) is 15.7. The van der Waals surface area contributed by atoms with Crippen molar-refractivity contribution in [1.29, 1.82) is 0 Å². The molecule has 2 heterocycles. The van der Waals surface area contributed by atoms with E-state index >= 15 is 0 Å². The predicted molar refractivity (Wildman–Crippen MR) is 90.7 cm³/mol. The minimum atomic E-state index is -0.956. The van der Waals surface area contributed by atoms with Gasteiger partial charge in [0.2, 0.25) is 11.7 Å². The van der Waals surface area contributed by atoms with E-state index in [0.717, 1.165) is 12.1 Å². The van der Waals surface area contributed by atoms with E-state index < -0.39 is 22.3 Å². The van der Waals surface area contributed by atoms with Crippen molar-refractivity contribution in [2.45, 2.75) is 6.42 Å². The number of halogens is 1. The standard InChI is InChI=1S/C16H11FN4O3S/c17-12-5-4-10(7-14(12)21(23)24)19-15(22)8-11-9-25-16(20-11)13-3-1-2-6-18-13/h1-7,9H,8H2,(H,19,22). The van der Waals surface area contributed by atoms with E-state index in [9.17, 15) is 19.3 Å². The summed E-state index contributed by atoms with van der Waals surface area (Å²) in [7, 11) is 0. The molecule has 0 aliphatic heterocycles. The maximum atomic E-state index is 13.3. The normalized spacial score (nSPS) is 10.4. The first-order valence-electron chi connectivity index (χ1n) is 7.12. The van der Waals surface area contributed by atoms with E-state index in [2.05, 4.69) is 15.3 Å². The van der Waals surface area contributed by atoms with Crippen LogP contribution in [0.1, 0.15) is 5.69 Å². The molecule has 0 aliphatic rings. The lowest BCUT2D eigenvalue weighted by atomic mass is 10.2. The van der Waals surface area contributed by atoms with Gasteiger partial charge in [0.05, 0.1) is 22.7 Å². The molecular weight excluding hydrogens is 347 g/mol. The molecule has 3 rings (SSSR count). The number of benzene rings is 1. The second-order valence-corrected chi connectivity index (χ2v) is 5.87. The molecule has 1 aromatic carbocycles. The van der Waals surface area contributed by atoms with Crippen molar-refractivity contribution in [3.8, 4) is 10.7 Å². The number of nitro benzene ring substituents is 1. The molecule has 0 aliphatic carbocycles. The Labute approximate surface area is 145 Å². The van der Waals surface area contributed by atoms with E-state index in [1.165, 1.54) is 17.4 Å². The Morgan fingerprint density at radius 2 is 2.16 bits per heavy atom. The van der Waals surface area contributed by atoms with Crippen molar-refractivity contribution in [2.24, 2.45) is 0 Å². The molecule has 0 saturated carbocycles. The third-order valence-corrected chi connectivity index (χ3v) is 4.12. The van der Waals surface area contributed by atoms with Crippen LogP contribution in [-0.2, 0) is 11.2 Å². The average molecular weight is 358 g/mol. The Hall–Kier alpha value is -3.20. The van der Waals surface area contributed by atoms with Gasteiger partial charge in [-0.25, -0.2) is 4.98 Å². The third-order valence-electron chi connectivity index (χ3n) is 3.20. The van der Waals surface area contributed by atoms with Crippen LogP contribution < -0.4 is 5.32 Å². The molecule has 0 atom stereocenters. The van der Waals surface area contributed by atoms with Crippen molar-refractivity contribution >= 4 is 28.6 Å². The Kier molecular flexibility index (Phi) is 4.75. The summed E-state index contributed by atoms with van der Waals surface area (Å²) in [6, 6.07) is 8.65. The predicted octanol–water partition coefficient (Wildman–Crippen LogP) is 3.43. The van der Waals surface area contributed by atoms with Gasteiger partial charge < -0.3 is 5.32 Å². The summed E-state index contributed by atoms with van der Waals surface area (Å²) in [4.78, 5) is 30.5. The maximum absolute atomic E-state index is 13.3. The molecule has 0 unspecified atom stereocenters. The molecule has 0 spiro atoms. The highest BCUT2D eigenvalue weighted by molar-refractivity contribution is 7.13. The molecular formula is C16H11FN4O3S. The zero-order chi connectivity index (χ0) is 17.8. The maximum Gasteiger partial charge on any atom is 0.306 e. The average Bonchev–Trinajstić information content (AvgIpc) is 3.05. The van der Waals surface area contributed by atoms with Crippen LogP contribution >= 0.6 is 11.3 Å². The van der Waals surface area contributed by atoms with Crippen molar-refractivity contribution < 1.29 is 14.1 Å². The highest BCUT2D eigenvalue weighted by Crippen LogP contribution is 2.23. The van der Waals surface area contributed by atoms with E-state index in [0.29, 0.717) is 16.4 Å². The number of rotatable bonds is 5. The molecule has 7 nitrogen and oxygen atoms in total. The molecule has 25 heavy (non-hydrogen) atoms. The summed E-state index contributed by atoms with van der Waals surface area (Å²) < 4.78 is 13.3. The number of nitrogens with one attached hydrogen (secondary N) is 1. The van der Waals surface area contributed by atoms with Crippen LogP contribution in [0.25, 0.3) is 10.7 Å². The van der Waals surface area contributed by atoms with E-state index in [1.54, 1.807) is 17.6 Å². The molecule has 126 valence electrons. The molecule has 2 aromatic heterocycles. The smallest absolute Gasteiger partial charge is 0.306 e. The number of nitrogens with zero attached hydrogens (tertiary/aromatic N) is 3. The van der Waals surface area contributed by atoms with Gasteiger partial charge in [-0.3, -0.25) is 19.9 Å². The zero-order valence-corrected chi connectivity index (χ0v) is 13.5. The Bertz CT molecular complexity index is 930. The molecule has 9 heteroatoms. The number of nitro groups is 1. The molecule has 0 saturated heterocycles. The van der Waals surface area contributed by atoms with Crippen LogP contribution in [-0.4, -0.2) is 20.8 Å². The van der Waals surface area contributed by atoms with Crippen LogP contribution in [0, 0.1) is 15.9 Å². The summed E-state index contributed by atoms with van der Waals surface area (Å²) in [6.07, 6.45) is 1.65. The summed E-state index contributed by atoms with van der Waals surface area (Å²) in [5.41, 5.74) is 0.732. The number of aromatic nitrogens is 2. The number of thiazole rings is 1. The van der Waals surface area contributed by atoms with Gasteiger partial charge in [-0.15, -0.1) is 11.3 Å². The Morgan fingerprint density at radius 3 is 2.88 bits per heavy atom. The van der Waals surface area contributed by atoms with Gasteiger partial charge in [0.1, 0.15) is 5.01 Å². The third kappa shape index (κ3) is 4.01. The molecule has 0 fully saturated rings. The number of carbonyl (C=O) groups is 1. The Morgan fingerprint density at radius 1 is 1.32 bits per heavy atom. The quantitative estimate of drug-likeness (QED) is 0.556. The van der Waals surface area contributed by atoms with E-state index in [1.807, 2.05) is 12.1 Å². The second-order valence-electron chi connectivity index (χ2n) is 5.01. The molecule has 3 aromatic rings. The van der Waals surface area contributed by atoms with Gasteiger partial charge in [0.25, 0.3) is 0 Å². The van der Waals surface area contributed by atoms with Gasteiger partial charge in [-0.1, -0.05) is 6.07 Å². The van der Waals surface area contributed by atoms with Crippen molar-refractivity contribution in [2.75, 3.05) is 5.32 Å². The summed E-state index contributed by atoms with van der Waals surface area (Å²) in [5.74, 6) is -1.36. The SMILES string of the molecule is O=C(Cc1csc(-c2ccccn2)n1)Nc1ccc(F)c([N+](=O)[O-])c1. The first-order chi connectivity index (χ1) is 12.0. The first kappa shape index (κ1) is 16.7. The monoisotopic (exact) mass is 358 g/mol. The van der Waals surface area contributed by atoms with Gasteiger partial charge in [0.15, 0.2) is 0 Å². The number of hydrogen-bond acceptors (Lipinski definition) is 6. The number of pyridine rings is 1. The Balaban J connectivity index is 1.68. The van der Waals surface area contributed by atoms with Crippen molar-refractivity contribution in [1.82, 2.24) is 9.97 Å². The minimum Gasteiger partial charge on any atom is -0.325 e. The second kappa shape index (κ2) is 7.14. The topological polar surface area (TPSA) is 98.0 Å². The highest BCUT2D eigenvalue weighted by atomic mass is 32.1. The molecule has 0 radical (unpaired) electrons. The van der Waals surface area contributed by atoms with E-state index in [4.69, 9.17) is 0 Å². The van der Waals surface area contributed by atoms with Gasteiger partial charge in [-0.05, 0) is 24.3 Å². The first-order valence-corrected chi connectivity index (χ1v) is 8.00. The summed E-state index contributed by atoms with van der Waals surface area (Å²) in [6.45, 7) is 0. The molecule has 1 amide bonds. The lowest BCUT2D eigenvalue weighted by Gasteiger charge is -2.04. The van der Waals surface area contributed by atoms with Crippen molar-refractivity contribution in [3.05, 3.63) is 69.6 Å². The van der Waals surface area contributed by atoms with Crippen LogP contribution in [0.5, 0.6) is 0 Å². The lowest BCUT2D eigenvalue weighted by Crippen LogP contribution is -2.14. The number of amides is 1. The highest BCUT2D eigenvalue weighted by Gasteiger charge is 2.16. The van der Waals surface area contributed by atoms with Crippen LogP contribution in [0.2, 0.25) is 0 Å². The van der Waals surface area contributed by atoms with Crippen LogP contribution in [0.15, 0.2) is 48.0 Å². The van der Waals surface area contributed by atoms with E-state index in [-0.39, 0.29) is 12.1 Å². The fourth-order valence-electron chi connectivity index (χ4n) is 2.10. The zero-order valence-electron chi connectivity index (χ0n) is 12.7. The van der Waals surface area contributed by atoms with Crippen LogP contribution in [0.4, 0.5) is 15.8 Å². The minimum absolute atomic E-state index is 0.00545. The van der Waals surface area contributed by atoms with Crippen LogP contribution in [0.3, 0.4) is 0 Å². The van der Waals surface area contributed by atoms with Gasteiger partial charge in [0, 0.05) is 23.3 Å². The fraction of sp³-hybridized carbons (Fsp3) is 0.0625. The van der Waals surface area contributed by atoms with Crippen molar-refractivity contribution in [3.63, 3.8) is 0 Å². The van der Waals surface area contributed by atoms with Gasteiger partial charge in [-0.2, -0.15) is 4.39 Å². The van der Waals surface area contributed by atoms with Gasteiger partial charge >= 0.3 is 5.69 Å². The molecule has 1 N–H and O–H groups in total. The number of anilines is 1. The number of hydrogen-bond donors (Lipinski definition) is 1. The largest absolute Gasteiger partial charge is 0.325 e. The fourth-order valence-corrected chi connectivity index (χ4v) is 2.89.